The maximum absolute atomic E-state index is 4.68. The molecule has 102 valence electrons. The lowest BCUT2D eigenvalue weighted by molar-refractivity contribution is 0.676. The van der Waals surface area contributed by atoms with Gasteiger partial charge in [-0.05, 0) is 33.1 Å². The highest BCUT2D eigenvalue weighted by Gasteiger charge is 2.21. The normalized spacial score (nSPS) is 19.5. The van der Waals surface area contributed by atoms with Gasteiger partial charge in [-0.2, -0.15) is 0 Å². The Bertz CT molecular complexity index is 491. The Morgan fingerprint density at radius 2 is 2.21 bits per heavy atom. The summed E-state index contributed by atoms with van der Waals surface area (Å²) >= 11 is 0. The average Bonchev–Trinajstić information content (AvgIpc) is 3.21. The maximum Gasteiger partial charge on any atom is 0.225 e. The summed E-state index contributed by atoms with van der Waals surface area (Å²) in [6, 6.07) is 0.731. The summed E-state index contributed by atoms with van der Waals surface area (Å²) in [5.74, 6) is 0.875. The lowest BCUT2D eigenvalue weighted by Gasteiger charge is -2.26. The topological polar surface area (TPSA) is 41.1 Å². The van der Waals surface area contributed by atoms with Crippen LogP contribution in [0.1, 0.15) is 37.4 Å². The lowest BCUT2D eigenvalue weighted by atomic mass is 10.1. The van der Waals surface area contributed by atoms with Gasteiger partial charge >= 0.3 is 0 Å². The van der Waals surface area contributed by atoms with Gasteiger partial charge < -0.3 is 10.2 Å². The van der Waals surface area contributed by atoms with Gasteiger partial charge in [-0.3, -0.25) is 0 Å². The molecule has 0 bridgehead atoms. The van der Waals surface area contributed by atoms with Crippen LogP contribution in [0.2, 0.25) is 0 Å². The van der Waals surface area contributed by atoms with Crippen LogP contribution >= 0.6 is 0 Å². The molecule has 2 heterocycles. The first-order chi connectivity index (χ1) is 9.22. The molecule has 1 N–H and O–H groups in total. The van der Waals surface area contributed by atoms with E-state index in [1.807, 2.05) is 6.20 Å². The first-order valence-electron chi connectivity index (χ1n) is 7.19. The molecule has 0 radical (unpaired) electrons. The summed E-state index contributed by atoms with van der Waals surface area (Å²) in [6.07, 6.45) is 8.02. The van der Waals surface area contributed by atoms with E-state index in [4.69, 9.17) is 0 Å². The third-order valence-corrected chi connectivity index (χ3v) is 3.84. The summed E-state index contributed by atoms with van der Waals surface area (Å²) in [5, 5.41) is 3.52. The Labute approximate surface area is 114 Å². The molecular weight excluding hydrogens is 236 g/mol. The number of aryl methyl sites for hydroxylation is 1. The van der Waals surface area contributed by atoms with E-state index < -0.39 is 0 Å². The molecule has 1 aliphatic carbocycles. The minimum Gasteiger partial charge on any atom is -0.337 e. The van der Waals surface area contributed by atoms with Gasteiger partial charge in [0.05, 0.1) is 0 Å². The molecule has 0 amide bonds. The average molecular weight is 258 g/mol. The van der Waals surface area contributed by atoms with Crippen molar-refractivity contribution in [3.8, 4) is 0 Å². The van der Waals surface area contributed by atoms with Crippen LogP contribution in [0.25, 0.3) is 0 Å². The summed E-state index contributed by atoms with van der Waals surface area (Å²) < 4.78 is 0. The molecule has 0 unspecified atom stereocenters. The summed E-state index contributed by atoms with van der Waals surface area (Å²) in [4.78, 5) is 11.5. The number of anilines is 1. The van der Waals surface area contributed by atoms with Crippen LogP contribution in [0.3, 0.4) is 0 Å². The smallest absolute Gasteiger partial charge is 0.225 e. The number of aromatic nitrogens is 2. The molecule has 1 aromatic heterocycles. The minimum absolute atomic E-state index is 0.731. The summed E-state index contributed by atoms with van der Waals surface area (Å²) in [5.41, 5.74) is 3.73. The Balaban J connectivity index is 1.69. The van der Waals surface area contributed by atoms with Crippen LogP contribution < -0.4 is 10.2 Å². The maximum atomic E-state index is 4.68. The van der Waals surface area contributed by atoms with Gasteiger partial charge in [-0.25, -0.2) is 9.97 Å². The van der Waals surface area contributed by atoms with Crippen LogP contribution in [0.5, 0.6) is 0 Å². The summed E-state index contributed by atoms with van der Waals surface area (Å²) in [7, 11) is 0. The van der Waals surface area contributed by atoms with Crippen molar-refractivity contribution in [3.63, 3.8) is 0 Å². The fourth-order valence-corrected chi connectivity index (χ4v) is 2.43. The van der Waals surface area contributed by atoms with E-state index in [0.29, 0.717) is 0 Å². The van der Waals surface area contributed by atoms with Crippen LogP contribution in [-0.2, 0) is 6.54 Å². The van der Waals surface area contributed by atoms with Gasteiger partial charge in [0, 0.05) is 43.1 Å². The van der Waals surface area contributed by atoms with E-state index in [1.54, 1.807) is 0 Å². The van der Waals surface area contributed by atoms with Crippen LogP contribution in [-0.4, -0.2) is 29.1 Å². The highest BCUT2D eigenvalue weighted by molar-refractivity contribution is 5.36. The molecule has 4 nitrogen and oxygen atoms in total. The molecule has 4 heteroatoms. The zero-order valence-electron chi connectivity index (χ0n) is 11.8. The minimum atomic E-state index is 0.731. The second kappa shape index (κ2) is 5.29. The molecule has 0 spiro atoms. The number of hydrogen-bond acceptors (Lipinski definition) is 4. The van der Waals surface area contributed by atoms with Crippen LogP contribution in [0, 0.1) is 6.92 Å². The Morgan fingerprint density at radius 3 is 2.89 bits per heavy atom. The number of hydrogen-bond donors (Lipinski definition) is 1. The molecule has 0 aromatic carbocycles. The molecule has 1 saturated carbocycles. The SMILES string of the molecule is CC1=CCCN(c2ncc(CNC3CC3)c(C)n2)C1. The van der Waals surface area contributed by atoms with Crippen molar-refractivity contribution in [2.75, 3.05) is 18.0 Å². The van der Waals surface area contributed by atoms with E-state index >= 15 is 0 Å². The third-order valence-electron chi connectivity index (χ3n) is 3.84. The van der Waals surface area contributed by atoms with E-state index in [2.05, 4.69) is 40.1 Å². The molecule has 19 heavy (non-hydrogen) atoms. The second-order valence-corrected chi connectivity index (χ2v) is 5.70. The molecule has 1 fully saturated rings. The highest BCUT2D eigenvalue weighted by Crippen LogP contribution is 2.20. The fourth-order valence-electron chi connectivity index (χ4n) is 2.43. The Morgan fingerprint density at radius 1 is 1.37 bits per heavy atom. The molecule has 3 rings (SSSR count). The van der Waals surface area contributed by atoms with Crippen molar-refractivity contribution in [3.05, 3.63) is 29.1 Å². The number of nitrogens with zero attached hydrogens (tertiary/aromatic N) is 3. The fraction of sp³-hybridized carbons (Fsp3) is 0.600. The predicted molar refractivity (Wildman–Crippen MR) is 77.2 cm³/mol. The van der Waals surface area contributed by atoms with Crippen LogP contribution in [0.15, 0.2) is 17.8 Å². The highest BCUT2D eigenvalue weighted by atomic mass is 15.2. The van der Waals surface area contributed by atoms with Gasteiger partial charge in [-0.1, -0.05) is 11.6 Å². The second-order valence-electron chi connectivity index (χ2n) is 5.70. The zero-order valence-corrected chi connectivity index (χ0v) is 11.8. The van der Waals surface area contributed by atoms with Gasteiger partial charge in [0.25, 0.3) is 0 Å². The zero-order chi connectivity index (χ0) is 13.2. The molecule has 0 saturated heterocycles. The van der Waals surface area contributed by atoms with E-state index in [-0.39, 0.29) is 0 Å². The van der Waals surface area contributed by atoms with E-state index in [9.17, 15) is 0 Å². The van der Waals surface area contributed by atoms with Crippen molar-refractivity contribution in [1.82, 2.24) is 15.3 Å². The van der Waals surface area contributed by atoms with Gasteiger partial charge in [0.1, 0.15) is 0 Å². The van der Waals surface area contributed by atoms with Crippen molar-refractivity contribution in [2.45, 2.75) is 45.7 Å². The van der Waals surface area contributed by atoms with Crippen molar-refractivity contribution in [2.24, 2.45) is 0 Å². The number of nitrogens with one attached hydrogen (secondary N) is 1. The summed E-state index contributed by atoms with van der Waals surface area (Å²) in [6.45, 7) is 7.14. The van der Waals surface area contributed by atoms with Crippen molar-refractivity contribution in [1.29, 1.82) is 0 Å². The van der Waals surface area contributed by atoms with E-state index in [0.717, 1.165) is 43.7 Å². The molecule has 1 aliphatic heterocycles. The van der Waals surface area contributed by atoms with Crippen molar-refractivity contribution >= 4 is 5.95 Å². The molecular formula is C15H22N4. The monoisotopic (exact) mass is 258 g/mol. The van der Waals surface area contributed by atoms with Gasteiger partial charge in [0.15, 0.2) is 0 Å². The van der Waals surface area contributed by atoms with Gasteiger partial charge in [-0.15, -0.1) is 0 Å². The first kappa shape index (κ1) is 12.6. The predicted octanol–water partition coefficient (Wildman–Crippen LogP) is 2.19. The van der Waals surface area contributed by atoms with Crippen LogP contribution in [0.4, 0.5) is 5.95 Å². The largest absolute Gasteiger partial charge is 0.337 e. The molecule has 0 atom stereocenters. The van der Waals surface area contributed by atoms with Crippen molar-refractivity contribution < 1.29 is 0 Å². The first-order valence-corrected chi connectivity index (χ1v) is 7.19. The standard InChI is InChI=1S/C15H22N4/c1-11-4-3-7-19(10-11)15-17-9-13(12(2)18-15)8-16-14-5-6-14/h4,9,14,16H,3,5-8,10H2,1-2H3. The van der Waals surface area contributed by atoms with E-state index in [1.165, 1.54) is 24.0 Å². The quantitative estimate of drug-likeness (QED) is 0.841. The Kier molecular flexibility index (Phi) is 3.51. The lowest BCUT2D eigenvalue weighted by Crippen LogP contribution is -2.31. The third kappa shape index (κ3) is 3.13. The van der Waals surface area contributed by atoms with Gasteiger partial charge in [0.2, 0.25) is 5.95 Å². The molecule has 1 aromatic rings. The Hall–Kier alpha value is -1.42. The number of rotatable bonds is 4. The molecule has 2 aliphatic rings.